The van der Waals surface area contributed by atoms with Gasteiger partial charge in [-0.15, -0.1) is 0 Å². The van der Waals surface area contributed by atoms with Crippen molar-refractivity contribution in [2.45, 2.75) is 6.92 Å². The molecule has 1 heterocycles. The third-order valence-corrected chi connectivity index (χ3v) is 3.51. The minimum atomic E-state index is 0.461. The summed E-state index contributed by atoms with van der Waals surface area (Å²) in [5.41, 5.74) is 1.54. The van der Waals surface area contributed by atoms with E-state index in [-0.39, 0.29) is 0 Å². The lowest BCUT2D eigenvalue weighted by Gasteiger charge is -2.11. The Kier molecular flexibility index (Phi) is 4.03. The van der Waals surface area contributed by atoms with Gasteiger partial charge in [-0.2, -0.15) is 5.26 Å². The molecule has 1 aromatic carbocycles. The van der Waals surface area contributed by atoms with Gasteiger partial charge in [0.2, 0.25) is 5.88 Å². The lowest BCUT2D eigenvalue weighted by molar-refractivity contribution is 0.373. The smallest absolute Gasteiger partial charge is 0.234 e. The van der Waals surface area contributed by atoms with Gasteiger partial charge in [0.1, 0.15) is 0 Å². The second-order valence-electron chi connectivity index (χ2n) is 3.83. The van der Waals surface area contributed by atoms with Crippen LogP contribution in [0, 0.1) is 18.3 Å². The Labute approximate surface area is 119 Å². The van der Waals surface area contributed by atoms with Crippen LogP contribution >= 0.6 is 15.9 Å². The summed E-state index contributed by atoms with van der Waals surface area (Å²) in [7, 11) is 1.53. The van der Waals surface area contributed by atoms with Crippen LogP contribution in [0.1, 0.15) is 11.1 Å². The minimum Gasteiger partial charge on any atom is -0.493 e. The molecule has 0 fully saturated rings. The highest BCUT2D eigenvalue weighted by Crippen LogP contribution is 2.35. The van der Waals surface area contributed by atoms with Gasteiger partial charge in [-0.3, -0.25) is 0 Å². The van der Waals surface area contributed by atoms with Gasteiger partial charge in [-0.1, -0.05) is 0 Å². The maximum absolute atomic E-state index is 8.85. The molecule has 5 heteroatoms. The van der Waals surface area contributed by atoms with Crippen molar-refractivity contribution in [1.82, 2.24) is 4.98 Å². The second kappa shape index (κ2) is 5.72. The molecule has 0 bridgehead atoms. The fourth-order valence-corrected chi connectivity index (χ4v) is 1.83. The summed E-state index contributed by atoms with van der Waals surface area (Å²) in [4.78, 5) is 4.16. The van der Waals surface area contributed by atoms with Gasteiger partial charge in [0.25, 0.3) is 0 Å². The average Bonchev–Trinajstić information content (AvgIpc) is 2.44. The number of pyridine rings is 1. The Balaban J connectivity index is 2.38. The van der Waals surface area contributed by atoms with Gasteiger partial charge in [0.05, 0.1) is 23.2 Å². The molecule has 19 heavy (non-hydrogen) atoms. The van der Waals surface area contributed by atoms with Crippen LogP contribution in [-0.2, 0) is 0 Å². The largest absolute Gasteiger partial charge is 0.493 e. The Hall–Kier alpha value is -2.06. The fourth-order valence-electron chi connectivity index (χ4n) is 1.51. The highest BCUT2D eigenvalue weighted by molar-refractivity contribution is 9.10. The van der Waals surface area contributed by atoms with Crippen LogP contribution in [0.2, 0.25) is 0 Å². The molecule has 0 radical (unpaired) electrons. The van der Waals surface area contributed by atoms with Crippen LogP contribution in [0.5, 0.6) is 17.4 Å². The number of ether oxygens (including phenoxy) is 2. The summed E-state index contributed by atoms with van der Waals surface area (Å²) in [6.45, 7) is 1.95. The molecule has 0 N–H and O–H groups in total. The highest BCUT2D eigenvalue weighted by Gasteiger charge is 2.11. The molecule has 2 rings (SSSR count). The van der Waals surface area contributed by atoms with Crippen molar-refractivity contribution in [3.8, 4) is 23.4 Å². The van der Waals surface area contributed by atoms with Gasteiger partial charge in [-0.25, -0.2) is 4.98 Å². The monoisotopic (exact) mass is 318 g/mol. The first-order valence-electron chi connectivity index (χ1n) is 5.53. The van der Waals surface area contributed by atoms with Crippen LogP contribution in [0.15, 0.2) is 34.9 Å². The standard InChI is InChI=1S/C14H11BrN2O2/c1-9-5-6-17-14(13(9)15)19-11-4-3-10(8-16)7-12(11)18-2/h3-7H,1-2H3. The molecule has 0 saturated heterocycles. The predicted molar refractivity (Wildman–Crippen MR) is 74.5 cm³/mol. The number of aryl methyl sites for hydroxylation is 1. The number of hydrogen-bond donors (Lipinski definition) is 0. The third kappa shape index (κ3) is 2.85. The van der Waals surface area contributed by atoms with E-state index < -0.39 is 0 Å². The first kappa shape index (κ1) is 13.4. The molecule has 4 nitrogen and oxygen atoms in total. The molecule has 0 unspecified atom stereocenters. The van der Waals surface area contributed by atoms with Crippen molar-refractivity contribution < 1.29 is 9.47 Å². The zero-order chi connectivity index (χ0) is 13.8. The number of aromatic nitrogens is 1. The van der Waals surface area contributed by atoms with Crippen molar-refractivity contribution in [2.75, 3.05) is 7.11 Å². The van der Waals surface area contributed by atoms with Crippen LogP contribution < -0.4 is 9.47 Å². The molecule has 0 atom stereocenters. The Bertz CT molecular complexity index is 650. The predicted octanol–water partition coefficient (Wildman–Crippen LogP) is 3.83. The molecule has 0 aliphatic heterocycles. The minimum absolute atomic E-state index is 0.461. The summed E-state index contributed by atoms with van der Waals surface area (Å²) in [6.07, 6.45) is 1.67. The van der Waals surface area contributed by atoms with E-state index in [9.17, 15) is 0 Å². The molecule has 0 aliphatic carbocycles. The van der Waals surface area contributed by atoms with E-state index in [0.29, 0.717) is 22.9 Å². The van der Waals surface area contributed by atoms with E-state index in [1.807, 2.05) is 13.0 Å². The van der Waals surface area contributed by atoms with Crippen molar-refractivity contribution >= 4 is 15.9 Å². The van der Waals surface area contributed by atoms with Gasteiger partial charge in [-0.05, 0) is 46.6 Å². The fraction of sp³-hybridized carbons (Fsp3) is 0.143. The quantitative estimate of drug-likeness (QED) is 0.863. The number of nitriles is 1. The first-order valence-corrected chi connectivity index (χ1v) is 6.32. The van der Waals surface area contributed by atoms with E-state index in [1.54, 1.807) is 24.4 Å². The lowest BCUT2D eigenvalue weighted by atomic mass is 10.2. The third-order valence-electron chi connectivity index (χ3n) is 2.55. The molecule has 1 aromatic heterocycles. The second-order valence-corrected chi connectivity index (χ2v) is 4.62. The van der Waals surface area contributed by atoms with Crippen molar-refractivity contribution in [1.29, 1.82) is 5.26 Å². The zero-order valence-electron chi connectivity index (χ0n) is 10.5. The number of methoxy groups -OCH3 is 1. The van der Waals surface area contributed by atoms with Gasteiger partial charge < -0.3 is 9.47 Å². The summed E-state index contributed by atoms with van der Waals surface area (Å²) < 4.78 is 11.7. The van der Waals surface area contributed by atoms with Crippen LogP contribution in [0.25, 0.3) is 0 Å². The van der Waals surface area contributed by atoms with Crippen molar-refractivity contribution in [3.05, 3.63) is 46.1 Å². The van der Waals surface area contributed by atoms with E-state index in [4.69, 9.17) is 14.7 Å². The SMILES string of the molecule is COc1cc(C#N)ccc1Oc1nccc(C)c1Br. The highest BCUT2D eigenvalue weighted by atomic mass is 79.9. The van der Waals surface area contributed by atoms with Crippen LogP contribution in [-0.4, -0.2) is 12.1 Å². The number of hydrogen-bond acceptors (Lipinski definition) is 4. The normalized spacial score (nSPS) is 9.79. The number of rotatable bonds is 3. The van der Waals surface area contributed by atoms with E-state index >= 15 is 0 Å². The van der Waals surface area contributed by atoms with Gasteiger partial charge >= 0.3 is 0 Å². The van der Waals surface area contributed by atoms with Crippen molar-refractivity contribution in [3.63, 3.8) is 0 Å². The molecular formula is C14H11BrN2O2. The number of nitrogens with zero attached hydrogens (tertiary/aromatic N) is 2. The summed E-state index contributed by atoms with van der Waals surface area (Å²) >= 11 is 3.43. The average molecular weight is 319 g/mol. The maximum atomic E-state index is 8.85. The number of benzene rings is 1. The van der Waals surface area contributed by atoms with E-state index in [0.717, 1.165) is 10.0 Å². The van der Waals surface area contributed by atoms with Crippen molar-refractivity contribution in [2.24, 2.45) is 0 Å². The summed E-state index contributed by atoms with van der Waals surface area (Å²) in [5, 5.41) is 8.85. The molecular weight excluding hydrogens is 308 g/mol. The Morgan fingerprint density at radius 3 is 2.74 bits per heavy atom. The first-order chi connectivity index (χ1) is 9.15. The summed E-state index contributed by atoms with van der Waals surface area (Å²) in [6, 6.07) is 8.92. The number of halogens is 1. The zero-order valence-corrected chi connectivity index (χ0v) is 12.1. The van der Waals surface area contributed by atoms with E-state index in [1.165, 1.54) is 7.11 Å². The van der Waals surface area contributed by atoms with Gasteiger partial charge in [0.15, 0.2) is 11.5 Å². The summed E-state index contributed by atoms with van der Waals surface area (Å²) in [5.74, 6) is 1.47. The van der Waals surface area contributed by atoms with Crippen LogP contribution in [0.4, 0.5) is 0 Å². The Morgan fingerprint density at radius 2 is 2.05 bits per heavy atom. The molecule has 96 valence electrons. The lowest BCUT2D eigenvalue weighted by Crippen LogP contribution is -1.94. The molecule has 0 amide bonds. The van der Waals surface area contributed by atoms with Gasteiger partial charge in [0, 0.05) is 12.3 Å². The maximum Gasteiger partial charge on any atom is 0.234 e. The molecule has 0 aliphatic rings. The topological polar surface area (TPSA) is 55.1 Å². The molecule has 0 saturated carbocycles. The Morgan fingerprint density at radius 1 is 1.26 bits per heavy atom. The van der Waals surface area contributed by atoms with Crippen LogP contribution in [0.3, 0.4) is 0 Å². The molecule has 2 aromatic rings. The molecule has 0 spiro atoms. The van der Waals surface area contributed by atoms with E-state index in [2.05, 4.69) is 27.0 Å².